The lowest BCUT2D eigenvalue weighted by molar-refractivity contribution is 0.165. The van der Waals surface area contributed by atoms with Crippen molar-refractivity contribution >= 4 is 22.6 Å². The van der Waals surface area contributed by atoms with Crippen LogP contribution in [0.2, 0.25) is 5.02 Å². The van der Waals surface area contributed by atoms with Gasteiger partial charge in [-0.2, -0.15) is 5.10 Å². The number of aromatic amines is 1. The second kappa shape index (κ2) is 7.15. The zero-order valence-electron chi connectivity index (χ0n) is 15.7. The molecule has 6 nitrogen and oxygen atoms in total. The van der Waals surface area contributed by atoms with Gasteiger partial charge in [-0.1, -0.05) is 23.7 Å². The number of fused-ring (bicyclic) bond motifs is 2. The highest BCUT2D eigenvalue weighted by atomic mass is 35.5. The summed E-state index contributed by atoms with van der Waals surface area (Å²) < 4.78 is 6.02. The van der Waals surface area contributed by atoms with Gasteiger partial charge in [0.05, 0.1) is 11.8 Å². The lowest BCUT2D eigenvalue weighted by atomic mass is 9.90. The molecule has 2 aromatic heterocycles. The van der Waals surface area contributed by atoms with E-state index in [1.165, 1.54) is 0 Å². The van der Waals surface area contributed by atoms with Crippen molar-refractivity contribution in [2.75, 3.05) is 6.54 Å². The van der Waals surface area contributed by atoms with Crippen molar-refractivity contribution in [2.24, 2.45) is 0 Å². The van der Waals surface area contributed by atoms with Gasteiger partial charge < -0.3 is 15.2 Å². The summed E-state index contributed by atoms with van der Waals surface area (Å²) in [4.78, 5) is 4.66. The van der Waals surface area contributed by atoms with E-state index in [0.29, 0.717) is 35.3 Å². The Morgan fingerprint density at radius 1 is 1.14 bits per heavy atom. The minimum atomic E-state index is -0.638. The summed E-state index contributed by atoms with van der Waals surface area (Å²) in [5, 5.41) is 22.9. The van der Waals surface area contributed by atoms with Crippen LogP contribution in [0.3, 0.4) is 0 Å². The van der Waals surface area contributed by atoms with Gasteiger partial charge in [0.25, 0.3) is 0 Å². The molecule has 0 saturated carbocycles. The number of nitrogens with one attached hydrogen (secondary N) is 2. The minimum absolute atomic E-state index is 0.491. The van der Waals surface area contributed by atoms with Crippen molar-refractivity contribution in [1.29, 1.82) is 0 Å². The van der Waals surface area contributed by atoms with Crippen LogP contribution in [0, 0.1) is 6.92 Å². The first-order valence-electron chi connectivity index (χ1n) is 9.40. The number of halogens is 1. The van der Waals surface area contributed by atoms with Crippen molar-refractivity contribution in [3.63, 3.8) is 0 Å². The average Bonchev–Trinajstić information content (AvgIpc) is 3.09. The number of aromatic nitrogens is 3. The third-order valence-electron chi connectivity index (χ3n) is 5.13. The number of rotatable bonds is 3. The number of β-amino-alcohol motifs (C(OH)–C–C–N with tert-alkyl or cyclic N) is 1. The highest BCUT2D eigenvalue weighted by Gasteiger charge is 2.27. The fourth-order valence-corrected chi connectivity index (χ4v) is 3.97. The van der Waals surface area contributed by atoms with E-state index in [-0.39, 0.29) is 0 Å². The number of hydrogen-bond acceptors (Lipinski definition) is 5. The van der Waals surface area contributed by atoms with Crippen LogP contribution in [0.4, 0.5) is 0 Å². The summed E-state index contributed by atoms with van der Waals surface area (Å²) in [5.41, 5.74) is 5.14. The maximum Gasteiger partial charge on any atom is 0.182 e. The maximum atomic E-state index is 10.7. The van der Waals surface area contributed by atoms with E-state index in [1.54, 1.807) is 12.1 Å². The normalized spacial score (nSPS) is 16.0. The molecule has 0 spiro atoms. The zero-order chi connectivity index (χ0) is 20.0. The molecule has 3 N–H and O–H groups in total. The molecule has 0 saturated heterocycles. The predicted molar refractivity (Wildman–Crippen MR) is 112 cm³/mol. The van der Waals surface area contributed by atoms with E-state index in [0.717, 1.165) is 33.5 Å². The molecule has 0 fully saturated rings. The van der Waals surface area contributed by atoms with Crippen LogP contribution in [-0.2, 0) is 6.54 Å². The third-order valence-corrected chi connectivity index (χ3v) is 5.39. The van der Waals surface area contributed by atoms with Gasteiger partial charge in [-0.25, -0.2) is 4.98 Å². The molecule has 29 heavy (non-hydrogen) atoms. The van der Waals surface area contributed by atoms with Gasteiger partial charge in [0.1, 0.15) is 11.5 Å². The van der Waals surface area contributed by atoms with Gasteiger partial charge in [-0.05, 0) is 48.9 Å². The van der Waals surface area contributed by atoms with Gasteiger partial charge in [0, 0.05) is 40.3 Å². The van der Waals surface area contributed by atoms with Crippen LogP contribution in [-0.4, -0.2) is 26.8 Å². The fourth-order valence-electron chi connectivity index (χ4n) is 3.84. The molecular formula is C22H19ClN4O2. The first-order chi connectivity index (χ1) is 14.1. The Balaban J connectivity index is 1.66. The third kappa shape index (κ3) is 3.25. The highest BCUT2D eigenvalue weighted by molar-refractivity contribution is 6.30. The standard InChI is InChI=1S/C22H19ClN4O2/c1-12-19-20(21-17(10-24-11-18(21)28)25-22(19)27-26-12)13-3-2-4-16(9-13)29-15-7-5-14(23)6-8-15/h2-9,18,24,28H,10-11H2,1H3,(H,25,26,27). The second-order valence-electron chi connectivity index (χ2n) is 7.12. The van der Waals surface area contributed by atoms with Crippen molar-refractivity contribution in [3.8, 4) is 22.6 Å². The lowest BCUT2D eigenvalue weighted by Gasteiger charge is -2.25. The van der Waals surface area contributed by atoms with Crippen molar-refractivity contribution in [2.45, 2.75) is 19.6 Å². The highest BCUT2D eigenvalue weighted by Crippen LogP contribution is 2.40. The summed E-state index contributed by atoms with van der Waals surface area (Å²) in [6, 6.07) is 15.1. The summed E-state index contributed by atoms with van der Waals surface area (Å²) in [6.45, 7) is 3.06. The Kier molecular flexibility index (Phi) is 4.47. The monoisotopic (exact) mass is 406 g/mol. The lowest BCUT2D eigenvalue weighted by Crippen LogP contribution is -2.29. The Hall–Kier alpha value is -2.93. The summed E-state index contributed by atoms with van der Waals surface area (Å²) >= 11 is 5.96. The molecule has 1 unspecified atom stereocenters. The summed E-state index contributed by atoms with van der Waals surface area (Å²) in [7, 11) is 0. The summed E-state index contributed by atoms with van der Waals surface area (Å²) in [6.07, 6.45) is -0.638. The Bertz CT molecular complexity index is 1200. The smallest absolute Gasteiger partial charge is 0.182 e. The fraction of sp³-hybridized carbons (Fsp3) is 0.182. The van der Waals surface area contributed by atoms with Gasteiger partial charge in [0.2, 0.25) is 0 Å². The van der Waals surface area contributed by atoms with E-state index < -0.39 is 6.10 Å². The number of aliphatic hydroxyl groups is 1. The van der Waals surface area contributed by atoms with E-state index in [9.17, 15) is 5.11 Å². The number of aryl methyl sites for hydroxylation is 1. The number of H-pyrrole nitrogens is 1. The number of pyridine rings is 1. The SMILES string of the molecule is Cc1[nH]nc2nc3c(c(-c4cccc(Oc5ccc(Cl)cc5)c4)c12)C(O)CNC3. The first kappa shape index (κ1) is 18.1. The molecular weight excluding hydrogens is 388 g/mol. The summed E-state index contributed by atoms with van der Waals surface area (Å²) in [5.74, 6) is 1.41. The van der Waals surface area contributed by atoms with E-state index in [4.69, 9.17) is 16.3 Å². The molecule has 0 radical (unpaired) electrons. The minimum Gasteiger partial charge on any atom is -0.457 e. The zero-order valence-corrected chi connectivity index (χ0v) is 16.5. The Labute approximate surface area is 172 Å². The van der Waals surface area contributed by atoms with Gasteiger partial charge in [-0.15, -0.1) is 0 Å². The maximum absolute atomic E-state index is 10.7. The topological polar surface area (TPSA) is 83.1 Å². The molecule has 0 bridgehead atoms. The average molecular weight is 407 g/mol. The van der Waals surface area contributed by atoms with Gasteiger partial charge in [0.15, 0.2) is 5.65 Å². The van der Waals surface area contributed by atoms with E-state index >= 15 is 0 Å². The molecule has 2 aromatic carbocycles. The van der Waals surface area contributed by atoms with Crippen LogP contribution in [0.25, 0.3) is 22.2 Å². The Morgan fingerprint density at radius 3 is 2.79 bits per heavy atom. The number of benzene rings is 2. The molecule has 0 aliphatic carbocycles. The van der Waals surface area contributed by atoms with Crippen LogP contribution in [0.5, 0.6) is 11.5 Å². The predicted octanol–water partition coefficient (Wildman–Crippen LogP) is 4.52. The molecule has 146 valence electrons. The largest absolute Gasteiger partial charge is 0.457 e. The molecule has 1 aliphatic heterocycles. The number of hydrogen-bond donors (Lipinski definition) is 3. The molecule has 5 rings (SSSR count). The van der Waals surface area contributed by atoms with E-state index in [2.05, 4.69) is 20.5 Å². The molecule has 7 heteroatoms. The number of ether oxygens (including phenoxy) is 1. The molecule has 1 atom stereocenters. The second-order valence-corrected chi connectivity index (χ2v) is 7.56. The van der Waals surface area contributed by atoms with Gasteiger partial charge in [-0.3, -0.25) is 5.10 Å². The first-order valence-corrected chi connectivity index (χ1v) is 9.78. The van der Waals surface area contributed by atoms with Gasteiger partial charge >= 0.3 is 0 Å². The van der Waals surface area contributed by atoms with Crippen LogP contribution in [0.15, 0.2) is 48.5 Å². The van der Waals surface area contributed by atoms with Crippen LogP contribution >= 0.6 is 11.6 Å². The van der Waals surface area contributed by atoms with Crippen molar-refractivity contribution in [3.05, 3.63) is 70.5 Å². The molecule has 4 aromatic rings. The van der Waals surface area contributed by atoms with Crippen molar-refractivity contribution < 1.29 is 9.84 Å². The van der Waals surface area contributed by atoms with Crippen molar-refractivity contribution in [1.82, 2.24) is 20.5 Å². The molecule has 0 amide bonds. The quantitative estimate of drug-likeness (QED) is 0.466. The van der Waals surface area contributed by atoms with Crippen LogP contribution in [0.1, 0.15) is 23.1 Å². The number of nitrogens with zero attached hydrogens (tertiary/aromatic N) is 2. The molecule has 3 heterocycles. The molecule has 1 aliphatic rings. The number of aliphatic hydroxyl groups excluding tert-OH is 1. The van der Waals surface area contributed by atoms with Crippen LogP contribution < -0.4 is 10.1 Å². The Morgan fingerprint density at radius 2 is 1.97 bits per heavy atom. The van der Waals surface area contributed by atoms with E-state index in [1.807, 2.05) is 43.3 Å².